The molecule has 26 heavy (non-hydrogen) atoms. The molecule has 1 amide bonds. The van der Waals surface area contributed by atoms with Gasteiger partial charge in [0.1, 0.15) is 5.60 Å². The van der Waals surface area contributed by atoms with Crippen LogP contribution in [-0.4, -0.2) is 39.2 Å². The lowest BCUT2D eigenvalue weighted by Crippen LogP contribution is -2.45. The molecule has 4 rings (SSSR count). The number of likely N-dealkylation sites (tertiary alicyclic amines) is 1. The topological polar surface area (TPSA) is 69.2 Å². The van der Waals surface area contributed by atoms with Gasteiger partial charge in [-0.3, -0.25) is 9.89 Å². The third kappa shape index (κ3) is 3.39. The van der Waals surface area contributed by atoms with E-state index in [2.05, 4.69) is 39.8 Å². The van der Waals surface area contributed by atoms with Crippen molar-refractivity contribution in [2.75, 3.05) is 13.1 Å². The van der Waals surface area contributed by atoms with E-state index < -0.39 is 5.60 Å². The number of thiophene rings is 1. The summed E-state index contributed by atoms with van der Waals surface area (Å²) in [5, 5.41) is 21.0. The van der Waals surface area contributed by atoms with Crippen LogP contribution in [0, 0.1) is 0 Å². The number of hydrogen-bond acceptors (Lipinski definition) is 4. The van der Waals surface area contributed by atoms with Crippen molar-refractivity contribution < 1.29 is 9.90 Å². The Kier molecular flexibility index (Phi) is 4.78. The molecule has 2 aromatic heterocycles. The number of carbonyl (C=O) groups excluding carboxylic acids is 1. The zero-order valence-corrected chi connectivity index (χ0v) is 15.5. The van der Waals surface area contributed by atoms with Crippen molar-refractivity contribution in [2.45, 2.75) is 37.7 Å². The van der Waals surface area contributed by atoms with Crippen LogP contribution in [0.5, 0.6) is 0 Å². The van der Waals surface area contributed by atoms with E-state index in [1.54, 1.807) is 17.5 Å². The molecule has 0 saturated carbocycles. The predicted molar refractivity (Wildman–Crippen MR) is 103 cm³/mol. The van der Waals surface area contributed by atoms with E-state index in [9.17, 15) is 9.90 Å². The van der Waals surface area contributed by atoms with Gasteiger partial charge in [-0.05, 0) is 54.1 Å². The van der Waals surface area contributed by atoms with Gasteiger partial charge in [-0.15, -0.1) is 11.3 Å². The molecule has 136 valence electrons. The van der Waals surface area contributed by atoms with Gasteiger partial charge in [-0.2, -0.15) is 5.10 Å². The number of amides is 1. The van der Waals surface area contributed by atoms with Crippen LogP contribution in [0.3, 0.4) is 0 Å². The third-order valence-electron chi connectivity index (χ3n) is 5.34. The Morgan fingerprint density at radius 2 is 2.08 bits per heavy atom. The molecule has 2 N–H and O–H groups in total. The number of aromatic nitrogens is 2. The van der Waals surface area contributed by atoms with E-state index in [0.717, 1.165) is 18.5 Å². The number of aromatic amines is 1. The highest BCUT2D eigenvalue weighted by Crippen LogP contribution is 2.32. The molecule has 1 aliphatic rings. The van der Waals surface area contributed by atoms with E-state index in [1.165, 1.54) is 15.6 Å². The molecule has 0 unspecified atom stereocenters. The normalized spacial score (nSPS) is 16.9. The van der Waals surface area contributed by atoms with Crippen molar-refractivity contribution in [1.29, 1.82) is 0 Å². The summed E-state index contributed by atoms with van der Waals surface area (Å²) in [6.45, 7) is 1.19. The summed E-state index contributed by atoms with van der Waals surface area (Å²) < 4.78 is 1.31. The molecule has 1 aliphatic heterocycles. The summed E-state index contributed by atoms with van der Waals surface area (Å²) in [6, 6.07) is 10.2. The SMILES string of the molecule is O=C(CCCc1csc2ccccc12)N1CCC(O)(c2ccn[nH]2)CC1. The Morgan fingerprint density at radius 1 is 1.27 bits per heavy atom. The zero-order chi connectivity index (χ0) is 18.0. The maximum Gasteiger partial charge on any atom is 0.222 e. The minimum atomic E-state index is -0.886. The number of nitrogens with zero attached hydrogens (tertiary/aromatic N) is 2. The number of carbonyl (C=O) groups is 1. The van der Waals surface area contributed by atoms with Gasteiger partial charge in [0, 0.05) is 30.4 Å². The lowest BCUT2D eigenvalue weighted by atomic mass is 9.88. The van der Waals surface area contributed by atoms with Gasteiger partial charge in [0.2, 0.25) is 5.91 Å². The number of fused-ring (bicyclic) bond motifs is 1. The average molecular weight is 369 g/mol. The maximum absolute atomic E-state index is 12.5. The Bertz CT molecular complexity index is 879. The number of H-pyrrole nitrogens is 1. The van der Waals surface area contributed by atoms with Crippen molar-refractivity contribution in [1.82, 2.24) is 15.1 Å². The highest BCUT2D eigenvalue weighted by molar-refractivity contribution is 7.17. The number of aryl methyl sites for hydroxylation is 1. The van der Waals surface area contributed by atoms with Crippen molar-refractivity contribution in [3.05, 3.63) is 53.2 Å². The molecule has 6 heteroatoms. The number of piperidine rings is 1. The van der Waals surface area contributed by atoms with Crippen LogP contribution in [-0.2, 0) is 16.8 Å². The van der Waals surface area contributed by atoms with E-state index in [0.29, 0.717) is 32.4 Å². The number of benzene rings is 1. The largest absolute Gasteiger partial charge is 0.383 e. The average Bonchev–Trinajstić information content (AvgIpc) is 3.33. The Hall–Kier alpha value is -2.18. The van der Waals surface area contributed by atoms with Crippen LogP contribution in [0.2, 0.25) is 0 Å². The van der Waals surface area contributed by atoms with Gasteiger partial charge in [0.15, 0.2) is 0 Å². The Balaban J connectivity index is 1.28. The van der Waals surface area contributed by atoms with Crippen molar-refractivity contribution in [3.8, 4) is 0 Å². The van der Waals surface area contributed by atoms with Crippen LogP contribution < -0.4 is 0 Å². The lowest BCUT2D eigenvalue weighted by Gasteiger charge is -2.37. The van der Waals surface area contributed by atoms with E-state index in [-0.39, 0.29) is 5.91 Å². The summed E-state index contributed by atoms with van der Waals surface area (Å²) in [4.78, 5) is 14.4. The maximum atomic E-state index is 12.5. The molecule has 0 bridgehead atoms. The highest BCUT2D eigenvalue weighted by atomic mass is 32.1. The van der Waals surface area contributed by atoms with Crippen LogP contribution >= 0.6 is 11.3 Å². The van der Waals surface area contributed by atoms with Crippen molar-refractivity contribution >= 4 is 27.3 Å². The second-order valence-electron chi connectivity index (χ2n) is 6.99. The fraction of sp³-hybridized carbons (Fsp3) is 0.400. The summed E-state index contributed by atoms with van der Waals surface area (Å²) in [5.41, 5.74) is 1.20. The third-order valence-corrected chi connectivity index (χ3v) is 6.36. The zero-order valence-electron chi connectivity index (χ0n) is 14.6. The summed E-state index contributed by atoms with van der Waals surface area (Å²) in [7, 11) is 0. The minimum absolute atomic E-state index is 0.191. The molecule has 1 aromatic carbocycles. The van der Waals surface area contributed by atoms with Crippen molar-refractivity contribution in [3.63, 3.8) is 0 Å². The van der Waals surface area contributed by atoms with Crippen LogP contribution in [0.4, 0.5) is 0 Å². The molecular formula is C20H23N3O2S. The highest BCUT2D eigenvalue weighted by Gasteiger charge is 2.36. The fourth-order valence-electron chi connectivity index (χ4n) is 3.72. The number of rotatable bonds is 5. The van der Waals surface area contributed by atoms with Crippen LogP contribution in [0.15, 0.2) is 41.9 Å². The van der Waals surface area contributed by atoms with Gasteiger partial charge in [0.25, 0.3) is 0 Å². The van der Waals surface area contributed by atoms with Gasteiger partial charge in [-0.25, -0.2) is 0 Å². The Labute approximate surface area is 156 Å². The number of aliphatic hydroxyl groups is 1. The molecule has 3 heterocycles. The van der Waals surface area contributed by atoms with Gasteiger partial charge >= 0.3 is 0 Å². The summed E-state index contributed by atoms with van der Waals surface area (Å²) >= 11 is 1.77. The van der Waals surface area contributed by atoms with Crippen molar-refractivity contribution in [2.24, 2.45) is 0 Å². The first-order chi connectivity index (χ1) is 12.7. The summed E-state index contributed by atoms with van der Waals surface area (Å²) in [5.74, 6) is 0.191. The predicted octanol–water partition coefficient (Wildman–Crippen LogP) is 3.46. The number of hydrogen-bond donors (Lipinski definition) is 2. The molecule has 1 fully saturated rings. The first-order valence-corrected chi connectivity index (χ1v) is 9.99. The monoisotopic (exact) mass is 369 g/mol. The van der Waals surface area contributed by atoms with Gasteiger partial charge < -0.3 is 10.0 Å². The Morgan fingerprint density at radius 3 is 2.85 bits per heavy atom. The lowest BCUT2D eigenvalue weighted by molar-refractivity contribution is -0.136. The number of nitrogens with one attached hydrogen (secondary N) is 1. The molecule has 1 saturated heterocycles. The second kappa shape index (κ2) is 7.21. The van der Waals surface area contributed by atoms with Crippen LogP contribution in [0.25, 0.3) is 10.1 Å². The fourth-order valence-corrected chi connectivity index (χ4v) is 4.72. The van der Waals surface area contributed by atoms with E-state index in [1.807, 2.05) is 11.0 Å². The molecular weight excluding hydrogens is 346 g/mol. The molecule has 0 radical (unpaired) electrons. The quantitative estimate of drug-likeness (QED) is 0.724. The summed E-state index contributed by atoms with van der Waals surface area (Å²) in [6.07, 6.45) is 5.11. The smallest absolute Gasteiger partial charge is 0.222 e. The van der Waals surface area contributed by atoms with E-state index >= 15 is 0 Å². The minimum Gasteiger partial charge on any atom is -0.383 e. The van der Waals surface area contributed by atoms with Gasteiger partial charge in [-0.1, -0.05) is 18.2 Å². The molecule has 0 atom stereocenters. The van der Waals surface area contributed by atoms with Gasteiger partial charge in [0.05, 0.1) is 5.69 Å². The van der Waals surface area contributed by atoms with E-state index in [4.69, 9.17) is 0 Å². The standard InChI is InChI=1S/C20H23N3O2S/c24-19(7-3-4-15-14-26-17-6-2-1-5-16(15)17)23-12-9-20(25,10-13-23)18-8-11-21-22-18/h1-2,5-6,8,11,14,25H,3-4,7,9-10,12-13H2,(H,21,22). The molecule has 5 nitrogen and oxygen atoms in total. The van der Waals surface area contributed by atoms with Crippen LogP contribution in [0.1, 0.15) is 36.9 Å². The molecule has 3 aromatic rings. The second-order valence-corrected chi connectivity index (χ2v) is 7.90. The molecule has 0 aliphatic carbocycles. The first kappa shape index (κ1) is 17.2. The molecule has 0 spiro atoms. The first-order valence-electron chi connectivity index (χ1n) is 9.11.